The van der Waals surface area contributed by atoms with E-state index in [1.807, 2.05) is 0 Å². The van der Waals surface area contributed by atoms with Crippen LogP contribution >= 0.6 is 0 Å². The lowest BCUT2D eigenvalue weighted by molar-refractivity contribution is -0.142. The van der Waals surface area contributed by atoms with Gasteiger partial charge >= 0.3 is 0 Å². The molecule has 1 spiro atoms. The molecule has 0 saturated carbocycles. The van der Waals surface area contributed by atoms with Crippen molar-refractivity contribution < 1.29 is 22.7 Å². The minimum Gasteiger partial charge on any atom is -0.352 e. The number of rotatable bonds is 4. The molecule has 1 N–H and O–H groups in total. The molecule has 1 amide bonds. The number of nitrogens with zero attached hydrogens (tertiary/aromatic N) is 1. The number of ether oxygens (including phenoxy) is 2. The van der Waals surface area contributed by atoms with Gasteiger partial charge in [0, 0.05) is 26.4 Å². The van der Waals surface area contributed by atoms with Gasteiger partial charge in [0.25, 0.3) is 0 Å². The molecule has 3 rings (SSSR count). The van der Waals surface area contributed by atoms with Crippen molar-refractivity contribution in [1.82, 2.24) is 9.62 Å². The molecule has 8 heteroatoms. The molecule has 1 aromatic rings. The maximum atomic E-state index is 12.7. The normalized spacial score (nSPS) is 20.9. The van der Waals surface area contributed by atoms with Crippen LogP contribution in [0.4, 0.5) is 0 Å². The van der Waals surface area contributed by atoms with E-state index in [9.17, 15) is 13.2 Å². The standard InChI is InChI=1S/C15H20N2O5S/c1-12(18)16-10-13-2-4-14(5-3-13)23(19,20)17-7-6-15(11-17)21-8-9-22-15/h2-5H,6-11H2,1H3,(H,16,18). The van der Waals surface area contributed by atoms with Gasteiger partial charge in [0.1, 0.15) is 0 Å². The first-order valence-corrected chi connectivity index (χ1v) is 8.97. The van der Waals surface area contributed by atoms with Gasteiger partial charge in [0.2, 0.25) is 15.9 Å². The smallest absolute Gasteiger partial charge is 0.243 e. The quantitative estimate of drug-likeness (QED) is 0.861. The van der Waals surface area contributed by atoms with E-state index in [0.717, 1.165) is 5.56 Å². The van der Waals surface area contributed by atoms with Gasteiger partial charge in [-0.25, -0.2) is 8.42 Å². The number of carbonyl (C=O) groups excluding carboxylic acids is 1. The van der Waals surface area contributed by atoms with E-state index in [2.05, 4.69) is 5.32 Å². The van der Waals surface area contributed by atoms with Crippen LogP contribution in [0.25, 0.3) is 0 Å². The Hall–Kier alpha value is -1.48. The molecule has 0 unspecified atom stereocenters. The van der Waals surface area contributed by atoms with E-state index in [1.165, 1.54) is 11.2 Å². The number of amides is 1. The average Bonchev–Trinajstić information content (AvgIpc) is 3.16. The average molecular weight is 340 g/mol. The second-order valence-corrected chi connectivity index (χ2v) is 7.69. The van der Waals surface area contributed by atoms with Gasteiger partial charge < -0.3 is 14.8 Å². The van der Waals surface area contributed by atoms with Crippen molar-refractivity contribution in [2.24, 2.45) is 0 Å². The topological polar surface area (TPSA) is 84.9 Å². The minimum atomic E-state index is -3.56. The zero-order valence-corrected chi connectivity index (χ0v) is 13.8. The molecule has 0 aliphatic carbocycles. The predicted molar refractivity (Wildman–Crippen MR) is 82.0 cm³/mol. The first-order valence-electron chi connectivity index (χ1n) is 7.53. The number of hydrogen-bond donors (Lipinski definition) is 1. The second kappa shape index (κ2) is 6.20. The summed E-state index contributed by atoms with van der Waals surface area (Å²) >= 11 is 0. The third-order valence-corrected chi connectivity index (χ3v) is 5.93. The lowest BCUT2D eigenvalue weighted by Crippen LogP contribution is -2.36. The lowest BCUT2D eigenvalue weighted by Gasteiger charge is -2.22. The number of sulfonamides is 1. The maximum absolute atomic E-state index is 12.7. The minimum absolute atomic E-state index is 0.124. The van der Waals surface area contributed by atoms with Gasteiger partial charge in [0.05, 0.1) is 24.7 Å². The zero-order chi connectivity index (χ0) is 16.5. The molecule has 126 valence electrons. The summed E-state index contributed by atoms with van der Waals surface area (Å²) in [5.74, 6) is -0.890. The highest BCUT2D eigenvalue weighted by molar-refractivity contribution is 7.89. The summed E-state index contributed by atoms with van der Waals surface area (Å²) in [7, 11) is -3.56. The molecular formula is C15H20N2O5S. The van der Waals surface area contributed by atoms with E-state index in [-0.39, 0.29) is 17.3 Å². The molecule has 0 aromatic heterocycles. The van der Waals surface area contributed by atoms with Crippen molar-refractivity contribution in [2.75, 3.05) is 26.3 Å². The van der Waals surface area contributed by atoms with Crippen molar-refractivity contribution >= 4 is 15.9 Å². The molecule has 2 aliphatic heterocycles. The molecule has 2 heterocycles. The van der Waals surface area contributed by atoms with Crippen molar-refractivity contribution in [3.63, 3.8) is 0 Å². The predicted octanol–water partition coefficient (Wildman–Crippen LogP) is 0.460. The monoisotopic (exact) mass is 340 g/mol. The van der Waals surface area contributed by atoms with E-state index < -0.39 is 15.8 Å². The van der Waals surface area contributed by atoms with Crippen molar-refractivity contribution in [1.29, 1.82) is 0 Å². The van der Waals surface area contributed by atoms with Crippen molar-refractivity contribution in [2.45, 2.75) is 30.6 Å². The summed E-state index contributed by atoms with van der Waals surface area (Å²) in [6.45, 7) is 3.44. The molecule has 2 saturated heterocycles. The van der Waals surface area contributed by atoms with Gasteiger partial charge in [-0.15, -0.1) is 0 Å². The Morgan fingerprint density at radius 2 is 1.91 bits per heavy atom. The molecule has 2 fully saturated rings. The van der Waals surface area contributed by atoms with Crippen LogP contribution in [0.1, 0.15) is 18.9 Å². The molecule has 0 radical (unpaired) electrons. The Labute approximate surface area is 135 Å². The highest BCUT2D eigenvalue weighted by Gasteiger charge is 2.47. The third kappa shape index (κ3) is 3.40. The van der Waals surface area contributed by atoms with Crippen LogP contribution in [-0.2, 0) is 30.8 Å². The van der Waals surface area contributed by atoms with Gasteiger partial charge in [-0.2, -0.15) is 4.31 Å². The molecule has 7 nitrogen and oxygen atoms in total. The molecule has 0 atom stereocenters. The Morgan fingerprint density at radius 1 is 1.26 bits per heavy atom. The van der Waals surface area contributed by atoms with Crippen molar-refractivity contribution in [3.8, 4) is 0 Å². The first kappa shape index (κ1) is 16.4. The summed E-state index contributed by atoms with van der Waals surface area (Å²) < 4.78 is 37.9. The summed E-state index contributed by atoms with van der Waals surface area (Å²) in [5, 5.41) is 2.68. The fourth-order valence-electron chi connectivity index (χ4n) is 2.81. The van der Waals surface area contributed by atoms with E-state index in [4.69, 9.17) is 9.47 Å². The van der Waals surface area contributed by atoms with Crippen LogP contribution in [0.2, 0.25) is 0 Å². The van der Waals surface area contributed by atoms with Crippen LogP contribution in [0.5, 0.6) is 0 Å². The fourth-order valence-corrected chi connectivity index (χ4v) is 4.29. The number of nitrogens with one attached hydrogen (secondary N) is 1. The summed E-state index contributed by atoms with van der Waals surface area (Å²) in [6, 6.07) is 6.54. The van der Waals surface area contributed by atoms with E-state index >= 15 is 0 Å². The maximum Gasteiger partial charge on any atom is 0.243 e. The number of benzene rings is 1. The number of carbonyl (C=O) groups is 1. The highest BCUT2D eigenvalue weighted by atomic mass is 32.2. The fraction of sp³-hybridized carbons (Fsp3) is 0.533. The van der Waals surface area contributed by atoms with E-state index in [0.29, 0.717) is 32.7 Å². The highest BCUT2D eigenvalue weighted by Crippen LogP contribution is 2.33. The third-order valence-electron chi connectivity index (χ3n) is 4.08. The summed E-state index contributed by atoms with van der Waals surface area (Å²) in [4.78, 5) is 11.1. The SMILES string of the molecule is CC(=O)NCc1ccc(S(=O)(=O)N2CCC3(C2)OCCO3)cc1. The van der Waals surface area contributed by atoms with Crippen LogP contribution in [0.3, 0.4) is 0 Å². The number of hydrogen-bond acceptors (Lipinski definition) is 5. The van der Waals surface area contributed by atoms with Crippen LogP contribution in [-0.4, -0.2) is 50.7 Å². The molecule has 0 bridgehead atoms. The Kier molecular flexibility index (Phi) is 4.41. The summed E-state index contributed by atoms with van der Waals surface area (Å²) in [5.41, 5.74) is 0.847. The zero-order valence-electron chi connectivity index (χ0n) is 12.9. The van der Waals surface area contributed by atoms with Gasteiger partial charge in [-0.3, -0.25) is 4.79 Å². The van der Waals surface area contributed by atoms with E-state index in [1.54, 1.807) is 24.3 Å². The molecule has 2 aliphatic rings. The summed E-state index contributed by atoms with van der Waals surface area (Å²) in [6.07, 6.45) is 0.548. The van der Waals surface area contributed by atoms with Crippen LogP contribution < -0.4 is 5.32 Å². The molecular weight excluding hydrogens is 320 g/mol. The Balaban J connectivity index is 1.71. The van der Waals surface area contributed by atoms with Gasteiger partial charge in [-0.05, 0) is 17.7 Å². The second-order valence-electron chi connectivity index (χ2n) is 5.75. The van der Waals surface area contributed by atoms with Crippen LogP contribution in [0, 0.1) is 0 Å². The Morgan fingerprint density at radius 3 is 2.52 bits per heavy atom. The van der Waals surface area contributed by atoms with Crippen molar-refractivity contribution in [3.05, 3.63) is 29.8 Å². The molecule has 1 aromatic carbocycles. The largest absolute Gasteiger partial charge is 0.352 e. The van der Waals surface area contributed by atoms with Gasteiger partial charge in [-0.1, -0.05) is 12.1 Å². The van der Waals surface area contributed by atoms with Gasteiger partial charge in [0.15, 0.2) is 5.79 Å². The van der Waals surface area contributed by atoms with Crippen LogP contribution in [0.15, 0.2) is 29.2 Å². The first-order chi connectivity index (χ1) is 10.9. The lowest BCUT2D eigenvalue weighted by atomic mass is 10.2. The Bertz CT molecular complexity index is 680. The molecule has 23 heavy (non-hydrogen) atoms.